The molecule has 2 aliphatic rings. The lowest BCUT2D eigenvalue weighted by Crippen LogP contribution is -2.46. The van der Waals surface area contributed by atoms with Gasteiger partial charge in [0.05, 0.1) is 10.2 Å². The van der Waals surface area contributed by atoms with Gasteiger partial charge in [-0.05, 0) is 44.2 Å². The topological polar surface area (TPSA) is 74.3 Å². The van der Waals surface area contributed by atoms with E-state index in [0.29, 0.717) is 37.1 Å². The second kappa shape index (κ2) is 6.63. The first-order valence-corrected chi connectivity index (χ1v) is 9.64. The molecule has 1 aromatic heterocycles. The lowest BCUT2D eigenvalue weighted by Gasteiger charge is -2.31. The highest BCUT2D eigenvalue weighted by Gasteiger charge is 2.30. The molecule has 0 unspecified atom stereocenters. The molecule has 2 N–H and O–H groups in total. The fraction of sp³-hybridized carbons (Fsp3) is 0.500. The molecule has 0 bridgehead atoms. The molecular weight excluding hydrogens is 336 g/mol. The van der Waals surface area contributed by atoms with Crippen molar-refractivity contribution in [1.29, 1.82) is 0 Å². The monoisotopic (exact) mass is 358 g/mol. The Morgan fingerprint density at radius 3 is 2.64 bits per heavy atom. The average molecular weight is 358 g/mol. The van der Waals surface area contributed by atoms with Crippen LogP contribution in [0.5, 0.6) is 0 Å². The number of para-hydroxylation sites is 1. The van der Waals surface area contributed by atoms with E-state index in [1.54, 1.807) is 0 Å². The largest absolute Gasteiger partial charge is 0.335 e. The van der Waals surface area contributed by atoms with Gasteiger partial charge in [0.2, 0.25) is 5.91 Å². The number of anilines is 1. The number of nitrogens with zero attached hydrogens (tertiary/aromatic N) is 2. The number of thiazole rings is 1. The predicted octanol–water partition coefficient (Wildman–Crippen LogP) is 3.13. The van der Waals surface area contributed by atoms with Gasteiger partial charge in [-0.2, -0.15) is 0 Å². The van der Waals surface area contributed by atoms with Crippen LogP contribution in [-0.2, 0) is 4.79 Å². The van der Waals surface area contributed by atoms with Crippen LogP contribution in [0.2, 0.25) is 0 Å². The highest BCUT2D eigenvalue weighted by atomic mass is 32.1. The first kappa shape index (κ1) is 16.3. The highest BCUT2D eigenvalue weighted by Crippen LogP contribution is 2.29. The van der Waals surface area contributed by atoms with Crippen LogP contribution in [0.25, 0.3) is 10.2 Å². The van der Waals surface area contributed by atoms with Gasteiger partial charge in [-0.1, -0.05) is 23.5 Å². The van der Waals surface area contributed by atoms with E-state index in [-0.39, 0.29) is 17.9 Å². The molecular formula is C18H22N4O2S. The number of rotatable bonds is 3. The zero-order valence-corrected chi connectivity index (χ0v) is 15.1. The Hall–Kier alpha value is -2.15. The van der Waals surface area contributed by atoms with Crippen molar-refractivity contribution in [3.8, 4) is 0 Å². The van der Waals surface area contributed by atoms with E-state index in [1.165, 1.54) is 11.3 Å². The van der Waals surface area contributed by atoms with Crippen LogP contribution in [-0.4, -0.2) is 41.0 Å². The van der Waals surface area contributed by atoms with Crippen LogP contribution in [0.15, 0.2) is 18.2 Å². The zero-order valence-electron chi connectivity index (χ0n) is 14.2. The van der Waals surface area contributed by atoms with E-state index in [9.17, 15) is 9.59 Å². The minimum absolute atomic E-state index is 0.0129. The summed E-state index contributed by atoms with van der Waals surface area (Å²) in [7, 11) is 0. The Labute approximate surface area is 150 Å². The van der Waals surface area contributed by atoms with Gasteiger partial charge in [0.1, 0.15) is 0 Å². The number of nitrogens with one attached hydrogen (secondary N) is 2. The van der Waals surface area contributed by atoms with Crippen molar-refractivity contribution in [2.75, 3.05) is 18.4 Å². The number of piperidine rings is 1. The van der Waals surface area contributed by atoms with Gasteiger partial charge in [0.25, 0.3) is 0 Å². The molecule has 3 amide bonds. The molecule has 0 radical (unpaired) electrons. The number of aryl methyl sites for hydroxylation is 1. The standard InChI is InChI=1S/C18H22N4O2S/c1-11-3-2-4-14-15(11)20-17(25-14)21-16(23)12-7-9-22(10-8-12)18(24)19-13-5-6-13/h2-4,12-13H,5-10H2,1H3,(H,19,24)(H,20,21,23). The third kappa shape index (κ3) is 3.61. The van der Waals surface area contributed by atoms with Crippen LogP contribution in [0.3, 0.4) is 0 Å². The predicted molar refractivity (Wildman–Crippen MR) is 98.8 cm³/mol. The van der Waals surface area contributed by atoms with Crippen molar-refractivity contribution in [2.24, 2.45) is 5.92 Å². The van der Waals surface area contributed by atoms with E-state index in [0.717, 1.165) is 28.6 Å². The van der Waals surface area contributed by atoms with Gasteiger partial charge in [-0.15, -0.1) is 0 Å². The van der Waals surface area contributed by atoms with Crippen LogP contribution in [0.4, 0.5) is 9.93 Å². The number of benzene rings is 1. The summed E-state index contributed by atoms with van der Waals surface area (Å²) < 4.78 is 1.09. The number of fused-ring (bicyclic) bond motifs is 1. The van der Waals surface area contributed by atoms with Crippen LogP contribution >= 0.6 is 11.3 Å². The summed E-state index contributed by atoms with van der Waals surface area (Å²) >= 11 is 1.51. The minimum atomic E-state index is -0.0573. The second-order valence-corrected chi connectivity index (χ2v) is 7.95. The second-order valence-electron chi connectivity index (χ2n) is 6.92. The number of amides is 3. The number of carbonyl (C=O) groups is 2. The van der Waals surface area contributed by atoms with Gasteiger partial charge < -0.3 is 15.5 Å². The summed E-state index contributed by atoms with van der Waals surface area (Å²) in [6.45, 7) is 3.29. The molecule has 4 rings (SSSR count). The molecule has 1 aliphatic heterocycles. The first-order chi connectivity index (χ1) is 12.1. The average Bonchev–Trinajstić information content (AvgIpc) is 3.32. The van der Waals surface area contributed by atoms with Crippen molar-refractivity contribution >= 4 is 38.6 Å². The number of urea groups is 1. The van der Waals surface area contributed by atoms with Crippen molar-refractivity contribution in [3.63, 3.8) is 0 Å². The summed E-state index contributed by atoms with van der Waals surface area (Å²) in [5.74, 6) is -0.0444. The van der Waals surface area contributed by atoms with Gasteiger partial charge in [0, 0.05) is 25.0 Å². The third-order valence-electron chi connectivity index (χ3n) is 4.91. The molecule has 0 spiro atoms. The van der Waals surface area contributed by atoms with Crippen LogP contribution in [0.1, 0.15) is 31.2 Å². The molecule has 1 aliphatic carbocycles. The van der Waals surface area contributed by atoms with Crippen molar-refractivity contribution in [2.45, 2.75) is 38.6 Å². The Morgan fingerprint density at radius 1 is 1.20 bits per heavy atom. The van der Waals surface area contributed by atoms with Crippen LogP contribution < -0.4 is 10.6 Å². The Bertz CT molecular complexity index is 807. The summed E-state index contributed by atoms with van der Waals surface area (Å²) in [5, 5.41) is 6.63. The lowest BCUT2D eigenvalue weighted by molar-refractivity contribution is -0.121. The molecule has 1 aromatic carbocycles. The van der Waals surface area contributed by atoms with Gasteiger partial charge in [0.15, 0.2) is 5.13 Å². The van der Waals surface area contributed by atoms with E-state index in [1.807, 2.05) is 30.0 Å². The Kier molecular flexibility index (Phi) is 4.33. The zero-order chi connectivity index (χ0) is 17.4. The Balaban J connectivity index is 1.33. The molecule has 132 valence electrons. The van der Waals surface area contributed by atoms with Gasteiger partial charge >= 0.3 is 6.03 Å². The number of likely N-dealkylation sites (tertiary alicyclic amines) is 1. The van der Waals surface area contributed by atoms with Crippen molar-refractivity contribution in [3.05, 3.63) is 23.8 Å². The fourth-order valence-electron chi connectivity index (χ4n) is 3.19. The molecule has 25 heavy (non-hydrogen) atoms. The summed E-state index contributed by atoms with van der Waals surface area (Å²) in [5.41, 5.74) is 2.07. The smallest absolute Gasteiger partial charge is 0.317 e. The number of aromatic nitrogens is 1. The van der Waals surface area contributed by atoms with Gasteiger partial charge in [-0.25, -0.2) is 9.78 Å². The van der Waals surface area contributed by atoms with Crippen molar-refractivity contribution in [1.82, 2.24) is 15.2 Å². The molecule has 7 heteroatoms. The maximum atomic E-state index is 12.5. The molecule has 1 saturated heterocycles. The number of carbonyl (C=O) groups excluding carboxylic acids is 2. The fourth-order valence-corrected chi connectivity index (χ4v) is 4.13. The molecule has 2 heterocycles. The maximum absolute atomic E-state index is 12.5. The maximum Gasteiger partial charge on any atom is 0.317 e. The minimum Gasteiger partial charge on any atom is -0.335 e. The Morgan fingerprint density at radius 2 is 1.96 bits per heavy atom. The quantitative estimate of drug-likeness (QED) is 0.885. The summed E-state index contributed by atoms with van der Waals surface area (Å²) in [6, 6.07) is 6.44. The lowest BCUT2D eigenvalue weighted by atomic mass is 9.96. The molecule has 0 atom stereocenters. The molecule has 2 aromatic rings. The highest BCUT2D eigenvalue weighted by molar-refractivity contribution is 7.22. The molecule has 6 nitrogen and oxygen atoms in total. The van der Waals surface area contributed by atoms with E-state index >= 15 is 0 Å². The normalized spacial score (nSPS) is 18.4. The third-order valence-corrected chi connectivity index (χ3v) is 5.84. The van der Waals surface area contributed by atoms with E-state index in [2.05, 4.69) is 15.6 Å². The van der Waals surface area contributed by atoms with E-state index < -0.39 is 0 Å². The first-order valence-electron chi connectivity index (χ1n) is 8.82. The number of hydrogen-bond acceptors (Lipinski definition) is 4. The van der Waals surface area contributed by atoms with E-state index in [4.69, 9.17) is 0 Å². The molecule has 1 saturated carbocycles. The summed E-state index contributed by atoms with van der Waals surface area (Å²) in [6.07, 6.45) is 3.58. The van der Waals surface area contributed by atoms with Crippen LogP contribution in [0, 0.1) is 12.8 Å². The van der Waals surface area contributed by atoms with Crippen molar-refractivity contribution < 1.29 is 9.59 Å². The van der Waals surface area contributed by atoms with Gasteiger partial charge in [-0.3, -0.25) is 4.79 Å². The SMILES string of the molecule is Cc1cccc2sc(NC(=O)C3CCN(C(=O)NC4CC4)CC3)nc12. The molecule has 2 fully saturated rings. The summed E-state index contributed by atoms with van der Waals surface area (Å²) in [4.78, 5) is 30.9. The number of hydrogen-bond donors (Lipinski definition) is 2.